The van der Waals surface area contributed by atoms with E-state index < -0.39 is 29.9 Å². The quantitative estimate of drug-likeness (QED) is 0.425. The maximum absolute atomic E-state index is 13.1. The molecule has 0 radical (unpaired) electrons. The van der Waals surface area contributed by atoms with Gasteiger partial charge in [0.15, 0.2) is 5.65 Å². The van der Waals surface area contributed by atoms with E-state index in [0.29, 0.717) is 11.3 Å². The molecule has 0 aliphatic heterocycles. The molecule has 170 valence electrons. The fourth-order valence-corrected chi connectivity index (χ4v) is 3.40. The number of hydrogen-bond acceptors (Lipinski definition) is 5. The summed E-state index contributed by atoms with van der Waals surface area (Å²) in [6.07, 6.45) is -5.08. The Hall–Kier alpha value is -3.76. The van der Waals surface area contributed by atoms with Crippen LogP contribution < -0.4 is 5.32 Å². The molecule has 2 aromatic carbocycles. The maximum Gasteiger partial charge on any atom is 0.423 e. The molecule has 2 aromatic heterocycles. The number of aromatic nitrogens is 3. The molecule has 0 saturated heterocycles. The Morgan fingerprint density at radius 2 is 1.73 bits per heavy atom. The van der Waals surface area contributed by atoms with E-state index in [-0.39, 0.29) is 11.4 Å². The molecule has 0 fully saturated rings. The Labute approximate surface area is 186 Å². The molecule has 4 aromatic rings. The largest absolute Gasteiger partial charge is 0.423 e. The Morgan fingerprint density at radius 3 is 2.33 bits per heavy atom. The standard InChI is InChI=1S/C23H19F3N4O3/c1-14-11-20-27-19(12-18(30(20)29-14)15-5-3-2-4-6-15)28-21(32)16-7-9-17(10-8-16)22(33,13-31)23(24,25)26/h2-12,31,33H,13H2,1H3,(H,27,28,32)/t22-/m1/s1. The zero-order valence-electron chi connectivity index (χ0n) is 17.3. The predicted octanol–water partition coefficient (Wildman–Crippen LogP) is 3.70. The van der Waals surface area contributed by atoms with Crippen LogP contribution in [-0.2, 0) is 5.60 Å². The molecule has 10 heteroatoms. The van der Waals surface area contributed by atoms with Crippen LogP contribution >= 0.6 is 0 Å². The van der Waals surface area contributed by atoms with E-state index in [2.05, 4.69) is 15.4 Å². The summed E-state index contributed by atoms with van der Waals surface area (Å²) in [4.78, 5) is 17.1. The summed E-state index contributed by atoms with van der Waals surface area (Å²) >= 11 is 0. The molecule has 4 rings (SSSR count). The van der Waals surface area contributed by atoms with E-state index in [1.165, 1.54) is 0 Å². The fourth-order valence-electron chi connectivity index (χ4n) is 3.40. The van der Waals surface area contributed by atoms with E-state index in [0.717, 1.165) is 35.5 Å². The highest BCUT2D eigenvalue weighted by Gasteiger charge is 2.54. The van der Waals surface area contributed by atoms with Crippen molar-refractivity contribution in [1.29, 1.82) is 0 Å². The van der Waals surface area contributed by atoms with Gasteiger partial charge in [-0.15, -0.1) is 0 Å². The second-order valence-electron chi connectivity index (χ2n) is 7.50. The first-order valence-electron chi connectivity index (χ1n) is 9.87. The molecule has 0 spiro atoms. The molecule has 1 amide bonds. The number of nitrogens with one attached hydrogen (secondary N) is 1. The minimum atomic E-state index is -5.08. The van der Waals surface area contributed by atoms with Crippen molar-refractivity contribution >= 4 is 17.4 Å². The first kappa shape index (κ1) is 22.4. The number of aryl methyl sites for hydroxylation is 1. The Morgan fingerprint density at radius 1 is 1.06 bits per heavy atom. The molecule has 1 atom stereocenters. The summed E-state index contributed by atoms with van der Waals surface area (Å²) in [5, 5.41) is 26.0. The number of aliphatic hydroxyl groups is 2. The molecule has 3 N–H and O–H groups in total. The van der Waals surface area contributed by atoms with E-state index >= 15 is 0 Å². The van der Waals surface area contributed by atoms with Gasteiger partial charge in [-0.05, 0) is 24.6 Å². The molecule has 33 heavy (non-hydrogen) atoms. The number of hydrogen-bond donors (Lipinski definition) is 3. The number of alkyl halides is 3. The van der Waals surface area contributed by atoms with Gasteiger partial charge in [-0.25, -0.2) is 9.50 Å². The van der Waals surface area contributed by atoms with Gasteiger partial charge in [0.25, 0.3) is 5.91 Å². The van der Waals surface area contributed by atoms with E-state index in [1.54, 1.807) is 16.6 Å². The molecule has 0 saturated carbocycles. The number of amides is 1. The molecule has 2 heterocycles. The van der Waals surface area contributed by atoms with Crippen LogP contribution in [0, 0.1) is 6.92 Å². The number of aliphatic hydroxyl groups excluding tert-OH is 1. The van der Waals surface area contributed by atoms with Crippen LogP contribution in [0.2, 0.25) is 0 Å². The van der Waals surface area contributed by atoms with Crippen LogP contribution in [0.5, 0.6) is 0 Å². The lowest BCUT2D eigenvalue weighted by Crippen LogP contribution is -2.45. The van der Waals surface area contributed by atoms with Crippen LogP contribution in [0.25, 0.3) is 16.9 Å². The maximum atomic E-state index is 13.1. The van der Waals surface area contributed by atoms with E-state index in [9.17, 15) is 23.1 Å². The van der Waals surface area contributed by atoms with Gasteiger partial charge in [0.05, 0.1) is 18.0 Å². The van der Waals surface area contributed by atoms with Gasteiger partial charge in [-0.3, -0.25) is 4.79 Å². The highest BCUT2D eigenvalue weighted by molar-refractivity contribution is 6.04. The van der Waals surface area contributed by atoms with Crippen molar-refractivity contribution in [2.24, 2.45) is 0 Å². The van der Waals surface area contributed by atoms with Crippen molar-refractivity contribution in [3.05, 3.63) is 83.6 Å². The van der Waals surface area contributed by atoms with Crippen molar-refractivity contribution in [2.75, 3.05) is 11.9 Å². The molecular formula is C23H19F3N4O3. The van der Waals surface area contributed by atoms with Gasteiger partial charge in [0, 0.05) is 23.3 Å². The van der Waals surface area contributed by atoms with Crippen molar-refractivity contribution < 1.29 is 28.2 Å². The number of anilines is 1. The summed E-state index contributed by atoms with van der Waals surface area (Å²) in [5.41, 5.74) is -1.15. The molecule has 0 unspecified atom stereocenters. The minimum absolute atomic E-state index is 0.0498. The highest BCUT2D eigenvalue weighted by Crippen LogP contribution is 2.38. The lowest BCUT2D eigenvalue weighted by molar-refractivity contribution is -0.277. The first-order valence-corrected chi connectivity index (χ1v) is 9.87. The van der Waals surface area contributed by atoms with E-state index in [1.807, 2.05) is 37.3 Å². The van der Waals surface area contributed by atoms with Gasteiger partial charge in [0.1, 0.15) is 5.82 Å². The summed E-state index contributed by atoms with van der Waals surface area (Å²) in [6, 6.07) is 17.0. The number of rotatable bonds is 5. The number of nitrogens with zero attached hydrogens (tertiary/aromatic N) is 3. The molecule has 7 nitrogen and oxygen atoms in total. The van der Waals surface area contributed by atoms with Crippen molar-refractivity contribution in [1.82, 2.24) is 14.6 Å². The van der Waals surface area contributed by atoms with E-state index in [4.69, 9.17) is 5.11 Å². The number of carbonyl (C=O) groups is 1. The number of carbonyl (C=O) groups excluding carboxylic acids is 1. The van der Waals surface area contributed by atoms with Crippen LogP contribution in [0.15, 0.2) is 66.7 Å². The molecular weight excluding hydrogens is 437 g/mol. The average molecular weight is 456 g/mol. The summed E-state index contributed by atoms with van der Waals surface area (Å²) in [7, 11) is 0. The fraction of sp³-hybridized carbons (Fsp3) is 0.174. The van der Waals surface area contributed by atoms with Gasteiger partial charge < -0.3 is 15.5 Å². The second kappa shape index (κ2) is 8.30. The summed E-state index contributed by atoms with van der Waals surface area (Å²) in [6.45, 7) is 0.275. The second-order valence-corrected chi connectivity index (χ2v) is 7.50. The Balaban J connectivity index is 1.65. The summed E-state index contributed by atoms with van der Waals surface area (Å²) in [5.74, 6) is -0.370. The molecule has 0 aliphatic rings. The number of halogens is 3. The van der Waals surface area contributed by atoms with Crippen molar-refractivity contribution in [3.63, 3.8) is 0 Å². The lowest BCUT2D eigenvalue weighted by Gasteiger charge is -2.28. The predicted molar refractivity (Wildman–Crippen MR) is 115 cm³/mol. The third-order valence-electron chi connectivity index (χ3n) is 5.18. The van der Waals surface area contributed by atoms with Crippen LogP contribution in [0.4, 0.5) is 19.0 Å². The number of benzene rings is 2. The zero-order chi connectivity index (χ0) is 23.8. The van der Waals surface area contributed by atoms with Crippen LogP contribution in [-0.4, -0.2) is 43.5 Å². The van der Waals surface area contributed by atoms with Gasteiger partial charge in [-0.1, -0.05) is 42.5 Å². The smallest absolute Gasteiger partial charge is 0.393 e. The normalized spacial score (nSPS) is 13.6. The van der Waals surface area contributed by atoms with Crippen molar-refractivity contribution in [2.45, 2.75) is 18.7 Å². The monoisotopic (exact) mass is 456 g/mol. The average Bonchev–Trinajstić information content (AvgIpc) is 3.17. The third kappa shape index (κ3) is 4.18. The van der Waals surface area contributed by atoms with Crippen LogP contribution in [0.3, 0.4) is 0 Å². The van der Waals surface area contributed by atoms with Crippen molar-refractivity contribution in [3.8, 4) is 11.3 Å². The minimum Gasteiger partial charge on any atom is -0.393 e. The topological polar surface area (TPSA) is 99.8 Å². The Bertz CT molecular complexity index is 1300. The van der Waals surface area contributed by atoms with Gasteiger partial charge in [0.2, 0.25) is 5.60 Å². The highest BCUT2D eigenvalue weighted by atomic mass is 19.4. The van der Waals surface area contributed by atoms with Crippen LogP contribution in [0.1, 0.15) is 21.6 Å². The number of fused-ring (bicyclic) bond motifs is 1. The van der Waals surface area contributed by atoms with Gasteiger partial charge >= 0.3 is 6.18 Å². The first-order chi connectivity index (χ1) is 15.6. The molecule has 0 bridgehead atoms. The summed E-state index contributed by atoms with van der Waals surface area (Å²) < 4.78 is 41.1. The zero-order valence-corrected chi connectivity index (χ0v) is 17.3. The SMILES string of the molecule is Cc1cc2nc(NC(=O)c3ccc([C@](O)(CO)C(F)(F)F)cc3)cc(-c3ccccc3)n2n1. The lowest BCUT2D eigenvalue weighted by atomic mass is 9.93. The molecule has 0 aliphatic carbocycles. The van der Waals surface area contributed by atoms with Gasteiger partial charge in [-0.2, -0.15) is 18.3 Å². The Kier molecular flexibility index (Phi) is 5.64. The third-order valence-corrected chi connectivity index (χ3v) is 5.18.